The second-order valence-electron chi connectivity index (χ2n) is 9.42. The first-order valence-corrected chi connectivity index (χ1v) is 12.7. The molecule has 1 saturated carbocycles. The van der Waals surface area contributed by atoms with Crippen LogP contribution in [0.3, 0.4) is 0 Å². The molecule has 1 aliphatic carbocycles. The summed E-state index contributed by atoms with van der Waals surface area (Å²) in [7, 11) is 1.56. The van der Waals surface area contributed by atoms with Gasteiger partial charge in [-0.05, 0) is 55.2 Å². The molecule has 0 unspecified atom stereocenters. The SMILES string of the molecule is COc1ccccc1N(C(=O)Cn1nnc2ccccc21)[C@@H](C(=O)NC1CCCC1)c1ccccc1C. The van der Waals surface area contributed by atoms with Gasteiger partial charge in [0.05, 0.1) is 18.3 Å². The Morgan fingerprint density at radius 3 is 2.51 bits per heavy atom. The molecule has 190 valence electrons. The highest BCUT2D eigenvalue weighted by molar-refractivity contribution is 6.02. The van der Waals surface area contributed by atoms with E-state index in [2.05, 4.69) is 15.6 Å². The number of aryl methyl sites for hydroxylation is 1. The predicted molar refractivity (Wildman–Crippen MR) is 142 cm³/mol. The molecular formula is C29H31N5O3. The highest BCUT2D eigenvalue weighted by Crippen LogP contribution is 2.36. The molecule has 0 radical (unpaired) electrons. The fourth-order valence-electron chi connectivity index (χ4n) is 5.13. The van der Waals surface area contributed by atoms with Gasteiger partial charge in [-0.2, -0.15) is 0 Å². The number of ether oxygens (including phenoxy) is 1. The van der Waals surface area contributed by atoms with Crippen molar-refractivity contribution in [2.75, 3.05) is 12.0 Å². The number of nitrogens with one attached hydrogen (secondary N) is 1. The number of nitrogens with zero attached hydrogens (tertiary/aromatic N) is 4. The fourth-order valence-corrected chi connectivity index (χ4v) is 5.13. The average molecular weight is 498 g/mol. The number of anilines is 1. The summed E-state index contributed by atoms with van der Waals surface area (Å²) in [6, 6.07) is 21.7. The molecular weight excluding hydrogens is 466 g/mol. The molecule has 4 aromatic rings. The Bertz CT molecular complexity index is 1410. The fraction of sp³-hybridized carbons (Fsp3) is 0.310. The Labute approximate surface area is 216 Å². The normalized spacial score (nSPS) is 14.4. The molecule has 1 aliphatic rings. The molecule has 0 aliphatic heterocycles. The highest BCUT2D eigenvalue weighted by atomic mass is 16.5. The molecule has 1 heterocycles. The number of carbonyl (C=O) groups is 2. The quantitative estimate of drug-likeness (QED) is 0.385. The third-order valence-corrected chi connectivity index (χ3v) is 7.01. The Kier molecular flexibility index (Phi) is 7.16. The van der Waals surface area contributed by atoms with Crippen LogP contribution in [0.25, 0.3) is 11.0 Å². The van der Waals surface area contributed by atoms with Gasteiger partial charge in [-0.15, -0.1) is 5.10 Å². The maximum atomic E-state index is 14.2. The number of fused-ring (bicyclic) bond motifs is 1. The van der Waals surface area contributed by atoms with E-state index in [9.17, 15) is 9.59 Å². The van der Waals surface area contributed by atoms with E-state index in [1.807, 2.05) is 73.7 Å². The molecule has 3 aromatic carbocycles. The second kappa shape index (κ2) is 10.8. The molecule has 8 heteroatoms. The number of benzene rings is 3. The van der Waals surface area contributed by atoms with Gasteiger partial charge < -0.3 is 10.1 Å². The topological polar surface area (TPSA) is 89.3 Å². The van der Waals surface area contributed by atoms with Crippen LogP contribution in [-0.4, -0.2) is 40.0 Å². The van der Waals surface area contributed by atoms with Crippen LogP contribution in [0.2, 0.25) is 0 Å². The van der Waals surface area contributed by atoms with E-state index in [-0.39, 0.29) is 24.4 Å². The van der Waals surface area contributed by atoms with Crippen LogP contribution in [0.1, 0.15) is 42.9 Å². The Morgan fingerprint density at radius 1 is 1.03 bits per heavy atom. The van der Waals surface area contributed by atoms with E-state index in [0.717, 1.165) is 42.3 Å². The number of hydrogen-bond acceptors (Lipinski definition) is 5. The summed E-state index contributed by atoms with van der Waals surface area (Å²) in [5.41, 5.74) is 3.66. The number of aromatic nitrogens is 3. The summed E-state index contributed by atoms with van der Waals surface area (Å²) in [6.45, 7) is 1.87. The molecule has 1 aromatic heterocycles. The van der Waals surface area contributed by atoms with Crippen LogP contribution in [0, 0.1) is 6.92 Å². The van der Waals surface area contributed by atoms with Crippen molar-refractivity contribution < 1.29 is 14.3 Å². The number of hydrogen-bond donors (Lipinski definition) is 1. The Morgan fingerprint density at radius 2 is 1.73 bits per heavy atom. The van der Waals surface area contributed by atoms with Crippen molar-refractivity contribution in [3.63, 3.8) is 0 Å². The second-order valence-corrected chi connectivity index (χ2v) is 9.42. The van der Waals surface area contributed by atoms with Gasteiger partial charge in [-0.3, -0.25) is 14.5 Å². The number of para-hydroxylation sites is 3. The number of rotatable bonds is 8. The maximum absolute atomic E-state index is 14.2. The van der Waals surface area contributed by atoms with Crippen molar-refractivity contribution in [3.05, 3.63) is 83.9 Å². The summed E-state index contributed by atoms with van der Waals surface area (Å²) >= 11 is 0. The standard InChI is InChI=1S/C29H31N5O3/c1-20-11-3-6-14-22(20)28(29(36)30-21-12-4-5-13-21)34(25-17-9-10-18-26(25)37-2)27(35)19-33-24-16-8-7-15-23(24)31-32-33/h3,6-11,14-18,21,28H,4-5,12-13,19H2,1-2H3,(H,30,36)/t28-/m1/s1. The van der Waals surface area contributed by atoms with Crippen molar-refractivity contribution in [1.29, 1.82) is 0 Å². The van der Waals surface area contributed by atoms with Crippen LogP contribution in [-0.2, 0) is 16.1 Å². The predicted octanol–water partition coefficient (Wildman–Crippen LogP) is 4.58. The molecule has 5 rings (SSSR count). The van der Waals surface area contributed by atoms with Crippen molar-refractivity contribution >= 4 is 28.5 Å². The van der Waals surface area contributed by atoms with Gasteiger partial charge in [0.2, 0.25) is 11.8 Å². The summed E-state index contributed by atoms with van der Waals surface area (Å²) in [6.07, 6.45) is 4.07. The Hall–Kier alpha value is -4.20. The lowest BCUT2D eigenvalue weighted by molar-refractivity contribution is -0.127. The van der Waals surface area contributed by atoms with E-state index in [4.69, 9.17) is 4.74 Å². The van der Waals surface area contributed by atoms with E-state index in [0.29, 0.717) is 17.0 Å². The lowest BCUT2D eigenvalue weighted by Crippen LogP contribution is -2.47. The summed E-state index contributed by atoms with van der Waals surface area (Å²) in [4.78, 5) is 29.8. The zero-order valence-corrected chi connectivity index (χ0v) is 21.1. The third-order valence-electron chi connectivity index (χ3n) is 7.01. The van der Waals surface area contributed by atoms with Crippen molar-refractivity contribution in [2.45, 2.75) is 51.2 Å². The molecule has 1 atom stereocenters. The van der Waals surface area contributed by atoms with Crippen LogP contribution in [0.15, 0.2) is 72.8 Å². The molecule has 8 nitrogen and oxygen atoms in total. The zero-order valence-electron chi connectivity index (χ0n) is 21.1. The largest absolute Gasteiger partial charge is 0.495 e. The van der Waals surface area contributed by atoms with E-state index in [1.165, 1.54) is 0 Å². The number of carbonyl (C=O) groups excluding carboxylic acids is 2. The monoisotopic (exact) mass is 497 g/mol. The lowest BCUT2D eigenvalue weighted by atomic mass is 9.97. The molecule has 1 N–H and O–H groups in total. The van der Waals surface area contributed by atoms with Gasteiger partial charge in [-0.25, -0.2) is 4.68 Å². The number of amides is 2. The van der Waals surface area contributed by atoms with E-state index in [1.54, 1.807) is 22.8 Å². The molecule has 0 saturated heterocycles. The molecule has 0 spiro atoms. The number of methoxy groups -OCH3 is 1. The minimum absolute atomic E-state index is 0.0857. The van der Waals surface area contributed by atoms with Crippen molar-refractivity contribution in [1.82, 2.24) is 20.3 Å². The smallest absolute Gasteiger partial charge is 0.249 e. The van der Waals surface area contributed by atoms with Gasteiger partial charge in [0, 0.05) is 6.04 Å². The van der Waals surface area contributed by atoms with E-state index >= 15 is 0 Å². The summed E-state index contributed by atoms with van der Waals surface area (Å²) in [5, 5.41) is 11.6. The summed E-state index contributed by atoms with van der Waals surface area (Å²) in [5.74, 6) is 0.00503. The first-order chi connectivity index (χ1) is 18.1. The Balaban J connectivity index is 1.61. The first-order valence-electron chi connectivity index (χ1n) is 12.7. The minimum Gasteiger partial charge on any atom is -0.495 e. The van der Waals surface area contributed by atoms with Gasteiger partial charge in [0.25, 0.3) is 0 Å². The van der Waals surface area contributed by atoms with Crippen LogP contribution in [0.4, 0.5) is 5.69 Å². The minimum atomic E-state index is -0.889. The zero-order chi connectivity index (χ0) is 25.8. The highest BCUT2D eigenvalue weighted by Gasteiger charge is 2.36. The van der Waals surface area contributed by atoms with Gasteiger partial charge in [0.15, 0.2) is 0 Å². The molecule has 37 heavy (non-hydrogen) atoms. The first kappa shape index (κ1) is 24.5. The van der Waals surface area contributed by atoms with Crippen LogP contribution >= 0.6 is 0 Å². The van der Waals surface area contributed by atoms with Crippen molar-refractivity contribution in [2.24, 2.45) is 0 Å². The summed E-state index contributed by atoms with van der Waals surface area (Å²) < 4.78 is 7.22. The molecule has 2 amide bonds. The van der Waals surface area contributed by atoms with Crippen molar-refractivity contribution in [3.8, 4) is 5.75 Å². The van der Waals surface area contributed by atoms with Crippen LogP contribution in [0.5, 0.6) is 5.75 Å². The molecule has 1 fully saturated rings. The van der Waals surface area contributed by atoms with Gasteiger partial charge in [-0.1, -0.05) is 66.6 Å². The van der Waals surface area contributed by atoms with E-state index < -0.39 is 6.04 Å². The maximum Gasteiger partial charge on any atom is 0.249 e. The van der Waals surface area contributed by atoms with Crippen LogP contribution < -0.4 is 15.0 Å². The molecule has 0 bridgehead atoms. The lowest BCUT2D eigenvalue weighted by Gasteiger charge is -2.33. The van der Waals surface area contributed by atoms with Gasteiger partial charge in [0.1, 0.15) is 23.9 Å². The third kappa shape index (κ3) is 5.05. The average Bonchev–Trinajstić information content (AvgIpc) is 3.58. The van der Waals surface area contributed by atoms with Gasteiger partial charge >= 0.3 is 0 Å².